The first-order valence-corrected chi connectivity index (χ1v) is 5.85. The van der Waals surface area contributed by atoms with Gasteiger partial charge in [-0.3, -0.25) is 5.41 Å². The normalized spacial score (nSPS) is 16.5. The monoisotopic (exact) mass is 230 g/mol. The molecule has 0 unspecified atom stereocenters. The molecule has 2 rings (SSSR count). The van der Waals surface area contributed by atoms with E-state index in [1.54, 1.807) is 7.11 Å². The summed E-state index contributed by atoms with van der Waals surface area (Å²) in [6.45, 7) is 0.953. The van der Waals surface area contributed by atoms with Crippen LogP contribution in [0.4, 0.5) is 0 Å². The second kappa shape index (κ2) is 5.04. The Morgan fingerprint density at radius 1 is 1.24 bits per heavy atom. The maximum Gasteiger partial charge on any atom is 0.120 e. The fourth-order valence-corrected chi connectivity index (χ4v) is 2.01. The smallest absolute Gasteiger partial charge is 0.120 e. The van der Waals surface area contributed by atoms with Crippen LogP contribution in [0.2, 0.25) is 0 Å². The van der Waals surface area contributed by atoms with E-state index in [4.69, 9.17) is 10.1 Å². The minimum atomic E-state index is 0.591. The van der Waals surface area contributed by atoms with Gasteiger partial charge in [-0.25, -0.2) is 0 Å². The summed E-state index contributed by atoms with van der Waals surface area (Å²) in [5.74, 6) is 1.46. The minimum absolute atomic E-state index is 0.591. The summed E-state index contributed by atoms with van der Waals surface area (Å²) in [6, 6.07) is 8.05. The summed E-state index contributed by atoms with van der Waals surface area (Å²) in [5.41, 5.74) is 2.42. The lowest BCUT2D eigenvalue weighted by molar-refractivity contribution is 0.415. The number of hydrogen-bond acceptors (Lipinski definition) is 2. The van der Waals surface area contributed by atoms with Crippen molar-refractivity contribution in [1.29, 1.82) is 5.41 Å². The highest BCUT2D eigenvalue weighted by molar-refractivity contribution is 5.97. The molecule has 1 aliphatic heterocycles. The highest BCUT2D eigenvalue weighted by atomic mass is 16.5. The van der Waals surface area contributed by atoms with Gasteiger partial charge in [0.15, 0.2) is 0 Å². The van der Waals surface area contributed by atoms with E-state index in [2.05, 4.69) is 12.1 Å². The van der Waals surface area contributed by atoms with Crippen molar-refractivity contribution in [3.63, 3.8) is 0 Å². The molecule has 17 heavy (non-hydrogen) atoms. The maximum absolute atomic E-state index is 7.92. The highest BCUT2D eigenvalue weighted by Crippen LogP contribution is 2.24. The number of likely N-dealkylation sites (N-methyl/N-ethyl adjacent to an activating group) is 1. The molecule has 0 atom stereocenters. The Bertz CT molecular complexity index is 434. The molecule has 1 heterocycles. The van der Waals surface area contributed by atoms with Gasteiger partial charge in [-0.05, 0) is 42.2 Å². The van der Waals surface area contributed by atoms with Crippen molar-refractivity contribution < 1.29 is 4.74 Å². The molecule has 0 spiro atoms. The van der Waals surface area contributed by atoms with E-state index in [1.165, 1.54) is 11.1 Å². The molecule has 3 heteroatoms. The van der Waals surface area contributed by atoms with Gasteiger partial charge in [0.05, 0.1) is 7.11 Å². The molecule has 0 bridgehead atoms. The first-order chi connectivity index (χ1) is 8.20. The van der Waals surface area contributed by atoms with Gasteiger partial charge in [-0.15, -0.1) is 0 Å². The summed E-state index contributed by atoms with van der Waals surface area (Å²) >= 11 is 0. The van der Waals surface area contributed by atoms with E-state index in [1.807, 2.05) is 30.2 Å². The van der Waals surface area contributed by atoms with E-state index in [0.29, 0.717) is 5.84 Å². The third-order valence-corrected chi connectivity index (χ3v) is 3.12. The summed E-state index contributed by atoms with van der Waals surface area (Å²) in [4.78, 5) is 1.98. The van der Waals surface area contributed by atoms with Crippen LogP contribution in [-0.2, 0) is 0 Å². The molecule has 0 fully saturated rings. The molecule has 0 saturated heterocycles. The van der Waals surface area contributed by atoms with Gasteiger partial charge < -0.3 is 9.64 Å². The molecule has 0 radical (unpaired) electrons. The van der Waals surface area contributed by atoms with Crippen LogP contribution in [-0.4, -0.2) is 31.4 Å². The number of rotatable bonds is 2. The fourth-order valence-electron chi connectivity index (χ4n) is 2.01. The van der Waals surface area contributed by atoms with Crippen LogP contribution in [0.3, 0.4) is 0 Å². The minimum Gasteiger partial charge on any atom is -0.497 e. The molecule has 0 saturated carbocycles. The van der Waals surface area contributed by atoms with E-state index in [0.717, 1.165) is 25.1 Å². The zero-order chi connectivity index (χ0) is 12.3. The Morgan fingerprint density at radius 3 is 2.59 bits per heavy atom. The maximum atomic E-state index is 7.92. The molecule has 0 amide bonds. The van der Waals surface area contributed by atoms with Crippen LogP contribution in [0.25, 0.3) is 5.57 Å². The number of nitrogens with zero attached hydrogens (tertiary/aromatic N) is 1. The Morgan fingerprint density at radius 2 is 1.94 bits per heavy atom. The van der Waals surface area contributed by atoms with Crippen LogP contribution < -0.4 is 4.74 Å². The molecule has 1 aromatic carbocycles. The van der Waals surface area contributed by atoms with E-state index in [9.17, 15) is 0 Å². The quantitative estimate of drug-likeness (QED) is 0.848. The van der Waals surface area contributed by atoms with Crippen LogP contribution in [0.1, 0.15) is 18.4 Å². The predicted octanol–water partition coefficient (Wildman–Crippen LogP) is 2.78. The van der Waals surface area contributed by atoms with Crippen LogP contribution >= 0.6 is 0 Å². The predicted molar refractivity (Wildman–Crippen MR) is 70.6 cm³/mol. The Labute approximate surface area is 102 Å². The number of allylic oxidation sites excluding steroid dienone is 1. The molecular weight excluding hydrogens is 212 g/mol. The van der Waals surface area contributed by atoms with Gasteiger partial charge in [0, 0.05) is 13.6 Å². The third kappa shape index (κ3) is 2.67. The van der Waals surface area contributed by atoms with Gasteiger partial charge in [0.1, 0.15) is 11.6 Å². The third-order valence-electron chi connectivity index (χ3n) is 3.12. The first kappa shape index (κ1) is 11.7. The molecule has 90 valence electrons. The molecule has 1 aliphatic rings. The van der Waals surface area contributed by atoms with Gasteiger partial charge >= 0.3 is 0 Å². The van der Waals surface area contributed by atoms with Crippen molar-refractivity contribution in [1.82, 2.24) is 4.90 Å². The van der Waals surface area contributed by atoms with Gasteiger partial charge in [0.25, 0.3) is 0 Å². The average Bonchev–Trinajstić information content (AvgIpc) is 2.52. The summed E-state index contributed by atoms with van der Waals surface area (Å²) < 4.78 is 5.15. The standard InChI is InChI=1S/C14H18N2O/c1-16-9-3-4-12(10-14(16)15)11-5-7-13(17-2)8-6-11/h5-8,10,15H,3-4,9H2,1-2H3. The molecule has 3 nitrogen and oxygen atoms in total. The van der Waals surface area contributed by atoms with E-state index in [-0.39, 0.29) is 0 Å². The average molecular weight is 230 g/mol. The van der Waals surface area contributed by atoms with Gasteiger partial charge in [-0.1, -0.05) is 12.1 Å². The SMILES string of the molecule is COc1ccc(C2=CC(=N)N(C)CCC2)cc1. The highest BCUT2D eigenvalue weighted by Gasteiger charge is 2.11. The second-order valence-electron chi connectivity index (χ2n) is 4.31. The fraction of sp³-hybridized carbons (Fsp3) is 0.357. The van der Waals surface area contributed by atoms with E-state index < -0.39 is 0 Å². The lowest BCUT2D eigenvalue weighted by Crippen LogP contribution is -2.23. The second-order valence-corrected chi connectivity index (χ2v) is 4.31. The Hall–Kier alpha value is -1.77. The molecular formula is C14H18N2O. The van der Waals surface area contributed by atoms with Crippen LogP contribution in [0.15, 0.2) is 30.3 Å². The molecule has 1 aromatic rings. The zero-order valence-electron chi connectivity index (χ0n) is 10.4. The lowest BCUT2D eigenvalue weighted by atomic mass is 10.0. The van der Waals surface area contributed by atoms with Crippen molar-refractivity contribution >= 4 is 11.4 Å². The van der Waals surface area contributed by atoms with Crippen molar-refractivity contribution in [3.05, 3.63) is 35.9 Å². The number of ether oxygens (including phenoxy) is 1. The Balaban J connectivity index is 2.25. The van der Waals surface area contributed by atoms with Crippen LogP contribution in [0, 0.1) is 5.41 Å². The number of hydrogen-bond donors (Lipinski definition) is 1. The largest absolute Gasteiger partial charge is 0.497 e. The summed E-state index contributed by atoms with van der Waals surface area (Å²) in [7, 11) is 3.64. The zero-order valence-corrected chi connectivity index (χ0v) is 10.4. The van der Waals surface area contributed by atoms with Gasteiger partial charge in [-0.2, -0.15) is 0 Å². The van der Waals surface area contributed by atoms with Crippen LogP contribution in [0.5, 0.6) is 5.75 Å². The lowest BCUT2D eigenvalue weighted by Gasteiger charge is -2.14. The topological polar surface area (TPSA) is 36.3 Å². The molecule has 1 N–H and O–H groups in total. The van der Waals surface area contributed by atoms with Crippen molar-refractivity contribution in [2.24, 2.45) is 0 Å². The van der Waals surface area contributed by atoms with Gasteiger partial charge in [0.2, 0.25) is 0 Å². The summed E-state index contributed by atoms with van der Waals surface area (Å²) in [6.07, 6.45) is 4.09. The number of nitrogens with one attached hydrogen (secondary N) is 1. The van der Waals surface area contributed by atoms with Crippen molar-refractivity contribution in [2.45, 2.75) is 12.8 Å². The molecule has 0 aliphatic carbocycles. The summed E-state index contributed by atoms with van der Waals surface area (Å²) in [5, 5.41) is 7.92. The molecule has 0 aromatic heterocycles. The number of benzene rings is 1. The number of amidine groups is 1. The first-order valence-electron chi connectivity index (χ1n) is 5.85. The Kier molecular flexibility index (Phi) is 3.47. The van der Waals surface area contributed by atoms with E-state index >= 15 is 0 Å². The number of methoxy groups -OCH3 is 1. The van der Waals surface area contributed by atoms with Crippen molar-refractivity contribution in [2.75, 3.05) is 20.7 Å². The van der Waals surface area contributed by atoms with Crippen molar-refractivity contribution in [3.8, 4) is 5.75 Å².